The quantitative estimate of drug-likeness (QED) is 0.0199. The molecule has 3 heterocycles. The van der Waals surface area contributed by atoms with Crippen molar-refractivity contribution in [3.05, 3.63) is 48.6 Å². The fraction of sp³-hybridized carbons (Fsp3) is 0.901. The molecule has 3 rings (SSSR count). The lowest BCUT2D eigenvalue weighted by Gasteiger charge is -2.48. The molecule has 19 nitrogen and oxygen atoms in total. The van der Waals surface area contributed by atoms with Gasteiger partial charge in [-0.2, -0.15) is 0 Å². The van der Waals surface area contributed by atoms with E-state index in [0.29, 0.717) is 12.8 Å². The molecule has 3 aliphatic heterocycles. The SMILES string of the molecule is CCCCCCC/C=C\C/C=C\CCCCCCCCCCCCCCCCCCCCCCCC(=O)NC(COC1OC(CO)C(OC2OC(CO)C(OC3OC(CO)C(O)C(O)C3O)C(O)C2O)C(O)C1O)C(O)/C=C/CC/C=C/CCCCCCCCCCCCCCCCCCCCCCCCCCCC. The highest BCUT2D eigenvalue weighted by Gasteiger charge is 2.54. The number of rotatable bonds is 75. The molecule has 17 atom stereocenters. The number of carbonyl (C=O) groups is 1. The van der Waals surface area contributed by atoms with Crippen molar-refractivity contribution in [3.8, 4) is 0 Å². The molecule has 0 saturated carbocycles. The molecule has 3 saturated heterocycles. The minimum atomic E-state index is -1.98. The summed E-state index contributed by atoms with van der Waals surface area (Å²) in [5.74, 6) is -0.278. The molecule has 12 N–H and O–H groups in total. The number of allylic oxidation sites excluding steroid dienone is 7. The standard InChI is InChI=1S/C91H169NO18/c1-3-5-7-9-11-13-15-17-19-21-23-25-27-29-31-33-35-37-39-41-43-45-47-49-51-53-55-57-59-61-63-65-67-69-79(97)92-74(75(96)68-66-64-62-60-58-56-54-52-50-48-46-44-42-40-38-36-34-32-30-28-26-24-22-20-18-16-14-12-10-8-6-4-2)73-105-89-85(103)82(100)87(77(71-94)107-89)110-91-86(104)83(101)88(78(72-95)108-91)109-90-84(102)81(99)80(98)76(70-93)106-90/h15,17,21,23,58,60,66,68,74-78,80-91,93-96,98-104H,3-14,16,18-20,22,24-57,59,61-65,67,69-73H2,1-2H3,(H,92,97)/b17-15-,23-21-,60-58+,68-66+. The number of nitrogens with one attached hydrogen (secondary N) is 1. The molecule has 0 spiro atoms. The van der Waals surface area contributed by atoms with E-state index in [2.05, 4.69) is 55.6 Å². The van der Waals surface area contributed by atoms with Gasteiger partial charge in [-0.1, -0.05) is 371 Å². The number of aliphatic hydroxyl groups excluding tert-OH is 11. The van der Waals surface area contributed by atoms with E-state index < -0.39 is 124 Å². The summed E-state index contributed by atoms with van der Waals surface area (Å²) in [6.45, 7) is 1.77. The van der Waals surface area contributed by atoms with Crippen LogP contribution in [0.1, 0.15) is 393 Å². The molecule has 0 aromatic rings. The molecule has 0 aromatic heterocycles. The van der Waals surface area contributed by atoms with Crippen molar-refractivity contribution in [2.24, 2.45) is 0 Å². The molecule has 646 valence electrons. The van der Waals surface area contributed by atoms with Gasteiger partial charge in [-0.25, -0.2) is 0 Å². The van der Waals surface area contributed by atoms with Crippen LogP contribution in [0.4, 0.5) is 0 Å². The molecule has 19 heteroatoms. The second-order valence-electron chi connectivity index (χ2n) is 32.8. The molecule has 0 aromatic carbocycles. The molecule has 110 heavy (non-hydrogen) atoms. The maximum Gasteiger partial charge on any atom is 0.220 e. The van der Waals surface area contributed by atoms with Crippen molar-refractivity contribution in [3.63, 3.8) is 0 Å². The van der Waals surface area contributed by atoms with Crippen molar-refractivity contribution in [2.75, 3.05) is 26.4 Å². The van der Waals surface area contributed by atoms with Crippen molar-refractivity contribution < 1.29 is 89.4 Å². The summed E-state index contributed by atoms with van der Waals surface area (Å²) < 4.78 is 34.5. The van der Waals surface area contributed by atoms with E-state index in [1.807, 2.05) is 6.08 Å². The predicted octanol–water partition coefficient (Wildman–Crippen LogP) is 17.6. The number of hydrogen-bond donors (Lipinski definition) is 12. The highest BCUT2D eigenvalue weighted by molar-refractivity contribution is 5.76. The Bertz CT molecular complexity index is 2170. The number of amides is 1. The Balaban J connectivity index is 1.33. The third-order valence-corrected chi connectivity index (χ3v) is 22.8. The first kappa shape index (κ1) is 102. The Kier molecular flexibility index (Phi) is 65.7. The maximum absolute atomic E-state index is 13.5. The highest BCUT2D eigenvalue weighted by Crippen LogP contribution is 2.34. The molecular weight excluding hydrogens is 1390 g/mol. The summed E-state index contributed by atoms with van der Waals surface area (Å²) in [6, 6.07) is -0.992. The third kappa shape index (κ3) is 49.1. The number of ether oxygens (including phenoxy) is 6. The Morgan fingerprint density at radius 1 is 0.327 bits per heavy atom. The van der Waals surface area contributed by atoms with Crippen LogP contribution < -0.4 is 5.32 Å². The number of aliphatic hydroxyl groups is 11. The van der Waals surface area contributed by atoms with Gasteiger partial charge in [0, 0.05) is 6.42 Å². The third-order valence-electron chi connectivity index (χ3n) is 22.8. The molecule has 0 radical (unpaired) electrons. The lowest BCUT2D eigenvalue weighted by molar-refractivity contribution is -0.379. The fourth-order valence-corrected chi connectivity index (χ4v) is 15.5. The number of hydrogen-bond acceptors (Lipinski definition) is 18. The first-order valence-corrected chi connectivity index (χ1v) is 45.9. The van der Waals surface area contributed by atoms with Gasteiger partial charge in [-0.05, 0) is 64.2 Å². The lowest BCUT2D eigenvalue weighted by atomic mass is 9.96. The summed E-state index contributed by atoms with van der Waals surface area (Å²) in [5, 5.41) is 121. The Morgan fingerprint density at radius 2 is 0.609 bits per heavy atom. The maximum atomic E-state index is 13.5. The van der Waals surface area contributed by atoms with Gasteiger partial charge < -0.3 is 89.9 Å². The molecule has 0 bridgehead atoms. The largest absolute Gasteiger partial charge is 0.394 e. The minimum absolute atomic E-state index is 0.238. The predicted molar refractivity (Wildman–Crippen MR) is 443 cm³/mol. The molecule has 17 unspecified atom stereocenters. The lowest BCUT2D eigenvalue weighted by Crippen LogP contribution is -2.66. The van der Waals surface area contributed by atoms with Crippen molar-refractivity contribution in [2.45, 2.75) is 497 Å². The van der Waals surface area contributed by atoms with Gasteiger partial charge in [0.2, 0.25) is 5.91 Å². The van der Waals surface area contributed by atoms with Crippen LogP contribution in [0, 0.1) is 0 Å². The fourth-order valence-electron chi connectivity index (χ4n) is 15.5. The van der Waals surface area contributed by atoms with Gasteiger partial charge in [-0.3, -0.25) is 4.79 Å². The molecule has 3 fully saturated rings. The average molecular weight is 1570 g/mol. The average Bonchev–Trinajstić information content (AvgIpc) is 0.780. The van der Waals surface area contributed by atoms with Gasteiger partial charge in [0.05, 0.1) is 38.6 Å². The van der Waals surface area contributed by atoms with E-state index in [0.717, 1.165) is 44.9 Å². The van der Waals surface area contributed by atoms with Crippen LogP contribution >= 0.6 is 0 Å². The normalized spacial score (nSPS) is 25.3. The first-order valence-electron chi connectivity index (χ1n) is 45.9. The van der Waals surface area contributed by atoms with E-state index in [4.69, 9.17) is 28.4 Å². The van der Waals surface area contributed by atoms with E-state index in [1.54, 1.807) is 6.08 Å². The van der Waals surface area contributed by atoms with Gasteiger partial charge in [0.1, 0.15) is 73.2 Å². The smallest absolute Gasteiger partial charge is 0.220 e. The second-order valence-corrected chi connectivity index (χ2v) is 32.8. The zero-order valence-electron chi connectivity index (χ0n) is 69.8. The van der Waals surface area contributed by atoms with Crippen LogP contribution in [0.15, 0.2) is 48.6 Å². The van der Waals surface area contributed by atoms with Gasteiger partial charge >= 0.3 is 0 Å². The summed E-state index contributed by atoms with van der Waals surface area (Å²) in [6.07, 6.45) is 65.6. The molecule has 3 aliphatic rings. The monoisotopic (exact) mass is 1560 g/mol. The summed E-state index contributed by atoms with van der Waals surface area (Å²) in [7, 11) is 0. The Labute approximate surface area is 669 Å². The molecule has 1 amide bonds. The van der Waals surface area contributed by atoms with Crippen molar-refractivity contribution >= 4 is 5.91 Å². The number of carbonyl (C=O) groups excluding carboxylic acids is 1. The van der Waals surface area contributed by atoms with Crippen molar-refractivity contribution in [1.29, 1.82) is 0 Å². The highest BCUT2D eigenvalue weighted by atomic mass is 16.8. The number of unbranched alkanes of at least 4 members (excludes halogenated alkanes) is 53. The summed E-state index contributed by atoms with van der Waals surface area (Å²) >= 11 is 0. The zero-order chi connectivity index (χ0) is 79.5. The Morgan fingerprint density at radius 3 is 0.964 bits per heavy atom. The van der Waals surface area contributed by atoms with Crippen LogP contribution in [0.3, 0.4) is 0 Å². The van der Waals surface area contributed by atoms with Gasteiger partial charge in [-0.15, -0.1) is 0 Å². The van der Waals surface area contributed by atoms with E-state index >= 15 is 0 Å². The van der Waals surface area contributed by atoms with Gasteiger partial charge in [0.25, 0.3) is 0 Å². The molecular formula is C91H169NO18. The van der Waals surface area contributed by atoms with Crippen LogP contribution in [0.25, 0.3) is 0 Å². The summed E-state index contributed by atoms with van der Waals surface area (Å²) in [4.78, 5) is 13.5. The van der Waals surface area contributed by atoms with Crippen LogP contribution in [-0.2, 0) is 33.2 Å². The van der Waals surface area contributed by atoms with Crippen LogP contribution in [0.2, 0.25) is 0 Å². The Hall–Kier alpha value is -2.25. The van der Waals surface area contributed by atoms with E-state index in [-0.39, 0.29) is 18.9 Å². The molecule has 0 aliphatic carbocycles. The van der Waals surface area contributed by atoms with Crippen LogP contribution in [0.5, 0.6) is 0 Å². The first-order chi connectivity index (χ1) is 53.8. The van der Waals surface area contributed by atoms with Crippen molar-refractivity contribution in [1.82, 2.24) is 5.32 Å². The van der Waals surface area contributed by atoms with Crippen LogP contribution in [-0.4, -0.2) is 193 Å². The van der Waals surface area contributed by atoms with Gasteiger partial charge in [0.15, 0.2) is 18.9 Å². The second kappa shape index (κ2) is 70.9. The zero-order valence-corrected chi connectivity index (χ0v) is 69.8. The van der Waals surface area contributed by atoms with E-state index in [1.165, 1.54) is 315 Å². The topological polar surface area (TPSA) is 307 Å². The summed E-state index contributed by atoms with van der Waals surface area (Å²) in [5.41, 5.74) is 0. The van der Waals surface area contributed by atoms with E-state index in [9.17, 15) is 61.0 Å². The minimum Gasteiger partial charge on any atom is -0.394 e.